The molecule has 0 atom stereocenters. The van der Waals surface area contributed by atoms with Gasteiger partial charge in [-0.25, -0.2) is 9.78 Å². The molecule has 1 aliphatic heterocycles. The Labute approximate surface area is 214 Å². The van der Waals surface area contributed by atoms with Crippen molar-refractivity contribution in [3.8, 4) is 11.8 Å². The highest BCUT2D eigenvalue weighted by Gasteiger charge is 2.32. The van der Waals surface area contributed by atoms with Crippen LogP contribution in [-0.4, -0.2) is 51.6 Å². The van der Waals surface area contributed by atoms with E-state index in [1.54, 1.807) is 35.2 Å². The number of alkyl halides is 3. The molecular weight excluding hydrogens is 483 g/mol. The van der Waals surface area contributed by atoms with Crippen molar-refractivity contribution in [1.82, 2.24) is 14.5 Å². The number of carbonyl (C=O) groups excluding carboxylic acids is 1. The number of nitrogens with zero attached hydrogens (tertiary/aromatic N) is 3. The van der Waals surface area contributed by atoms with Crippen LogP contribution in [0.2, 0.25) is 0 Å². The van der Waals surface area contributed by atoms with E-state index in [1.807, 2.05) is 39.0 Å². The quantitative estimate of drug-likeness (QED) is 0.407. The summed E-state index contributed by atoms with van der Waals surface area (Å²) in [6, 6.07) is 14.0. The number of halogens is 3. The molecule has 1 aliphatic rings. The molecule has 37 heavy (non-hydrogen) atoms. The molecule has 2 heterocycles. The maximum Gasteiger partial charge on any atom is 0.410 e. The summed E-state index contributed by atoms with van der Waals surface area (Å²) in [5.41, 5.74) is 1.47. The minimum Gasteiger partial charge on any atom is -0.444 e. The Morgan fingerprint density at radius 2 is 1.81 bits per heavy atom. The number of aromatic nitrogens is 2. The lowest BCUT2D eigenvalue weighted by Gasteiger charge is -2.35. The van der Waals surface area contributed by atoms with Gasteiger partial charge in [0.25, 0.3) is 0 Å². The van der Waals surface area contributed by atoms with Crippen molar-refractivity contribution in [1.29, 1.82) is 0 Å². The molecule has 1 saturated heterocycles. The van der Waals surface area contributed by atoms with Crippen molar-refractivity contribution in [3.05, 3.63) is 65.5 Å². The molecular formula is C28H30F3N3O3. The van der Waals surface area contributed by atoms with Gasteiger partial charge in [0, 0.05) is 31.4 Å². The molecule has 0 spiro atoms. The molecule has 4 rings (SSSR count). The number of amides is 1. The van der Waals surface area contributed by atoms with Crippen LogP contribution in [0.3, 0.4) is 0 Å². The van der Waals surface area contributed by atoms with Crippen molar-refractivity contribution >= 4 is 17.1 Å². The first-order chi connectivity index (χ1) is 17.5. The van der Waals surface area contributed by atoms with E-state index < -0.39 is 24.4 Å². The summed E-state index contributed by atoms with van der Waals surface area (Å²) >= 11 is 0. The summed E-state index contributed by atoms with van der Waals surface area (Å²) in [5, 5.41) is 0. The van der Waals surface area contributed by atoms with E-state index in [0.717, 1.165) is 10.1 Å². The lowest BCUT2D eigenvalue weighted by Crippen LogP contribution is -2.45. The molecule has 3 aromatic rings. The normalized spacial score (nSPS) is 14.8. The van der Waals surface area contributed by atoms with E-state index in [9.17, 15) is 18.0 Å². The third-order valence-corrected chi connectivity index (χ3v) is 5.85. The first-order valence-electron chi connectivity index (χ1n) is 12.2. The summed E-state index contributed by atoms with van der Waals surface area (Å²) in [7, 11) is 0. The van der Waals surface area contributed by atoms with Crippen molar-refractivity contribution < 1.29 is 27.4 Å². The van der Waals surface area contributed by atoms with Gasteiger partial charge in [0.2, 0.25) is 0 Å². The zero-order valence-electron chi connectivity index (χ0n) is 21.1. The van der Waals surface area contributed by atoms with Gasteiger partial charge in [-0.2, -0.15) is 13.2 Å². The monoisotopic (exact) mass is 513 g/mol. The molecule has 0 N–H and O–H groups in total. The molecule has 1 aromatic heterocycles. The van der Waals surface area contributed by atoms with E-state index in [2.05, 4.69) is 16.8 Å². The van der Waals surface area contributed by atoms with Crippen LogP contribution in [-0.2, 0) is 22.6 Å². The molecule has 0 saturated carbocycles. The summed E-state index contributed by atoms with van der Waals surface area (Å²) in [5.74, 6) is 5.72. The topological polar surface area (TPSA) is 56.6 Å². The average molecular weight is 514 g/mol. The van der Waals surface area contributed by atoms with Gasteiger partial charge in [-0.05, 0) is 69.4 Å². The second kappa shape index (κ2) is 10.9. The van der Waals surface area contributed by atoms with Crippen molar-refractivity contribution in [2.75, 3.05) is 13.2 Å². The molecule has 1 fully saturated rings. The Bertz CT molecular complexity index is 1290. The van der Waals surface area contributed by atoms with Crippen LogP contribution >= 0.6 is 0 Å². The van der Waals surface area contributed by atoms with Gasteiger partial charge in [0.05, 0.1) is 11.0 Å². The molecule has 9 heteroatoms. The predicted octanol–water partition coefficient (Wildman–Crippen LogP) is 5.91. The van der Waals surface area contributed by atoms with Gasteiger partial charge in [-0.1, -0.05) is 30.2 Å². The Kier molecular flexibility index (Phi) is 7.79. The lowest BCUT2D eigenvalue weighted by molar-refractivity contribution is -0.140. The number of ether oxygens (including phenoxy) is 2. The maximum absolute atomic E-state index is 13.4. The number of rotatable bonds is 4. The van der Waals surface area contributed by atoms with E-state index in [1.165, 1.54) is 0 Å². The maximum atomic E-state index is 13.4. The van der Waals surface area contributed by atoms with E-state index in [4.69, 9.17) is 9.47 Å². The van der Waals surface area contributed by atoms with Gasteiger partial charge in [-0.15, -0.1) is 0 Å². The number of hydrogen-bond donors (Lipinski definition) is 0. The van der Waals surface area contributed by atoms with Crippen LogP contribution in [0, 0.1) is 11.8 Å². The van der Waals surface area contributed by atoms with Crippen LogP contribution in [0.5, 0.6) is 0 Å². The number of benzene rings is 2. The van der Waals surface area contributed by atoms with Gasteiger partial charge in [0.15, 0.2) is 5.82 Å². The zero-order valence-corrected chi connectivity index (χ0v) is 21.1. The molecule has 0 unspecified atom stereocenters. The number of carbonyl (C=O) groups is 1. The predicted molar refractivity (Wildman–Crippen MR) is 134 cm³/mol. The summed E-state index contributed by atoms with van der Waals surface area (Å²) in [6.45, 7) is 5.57. The van der Waals surface area contributed by atoms with Gasteiger partial charge in [-0.3, -0.25) is 0 Å². The fourth-order valence-electron chi connectivity index (χ4n) is 4.21. The van der Waals surface area contributed by atoms with Crippen LogP contribution in [0.25, 0.3) is 11.0 Å². The van der Waals surface area contributed by atoms with Crippen LogP contribution in [0.1, 0.15) is 50.6 Å². The standard InChI is InChI=1S/C28H30F3N3O3/c1-27(2,3)37-26(35)33(22-13-15-36-16-14-22)18-21-9-11-24-23(17-21)32-25(34(24)19-28(29,30)31)12-10-20-7-5-4-6-8-20/h4-9,11,17,22H,13-16,18-19H2,1-3H3. The minimum absolute atomic E-state index is 0.0294. The van der Waals surface area contributed by atoms with Gasteiger partial charge < -0.3 is 18.9 Å². The average Bonchev–Trinajstić information content (AvgIpc) is 3.16. The SMILES string of the molecule is CC(C)(C)OC(=O)N(Cc1ccc2c(c1)nc(C#Cc1ccccc1)n2CC(F)(F)F)C1CCOCC1. The molecule has 196 valence electrons. The Morgan fingerprint density at radius 1 is 1.11 bits per heavy atom. The molecule has 6 nitrogen and oxygen atoms in total. The van der Waals surface area contributed by atoms with Crippen LogP contribution < -0.4 is 0 Å². The molecule has 0 aliphatic carbocycles. The second-order valence-electron chi connectivity index (χ2n) is 10.0. The summed E-state index contributed by atoms with van der Waals surface area (Å²) in [6.07, 6.45) is -3.51. The fraction of sp³-hybridized carbons (Fsp3) is 0.429. The highest BCUT2D eigenvalue weighted by molar-refractivity contribution is 5.78. The smallest absolute Gasteiger partial charge is 0.410 e. The lowest BCUT2D eigenvalue weighted by atomic mass is 10.1. The van der Waals surface area contributed by atoms with Crippen LogP contribution in [0.4, 0.5) is 18.0 Å². The van der Waals surface area contributed by atoms with Crippen LogP contribution in [0.15, 0.2) is 48.5 Å². The highest BCUT2D eigenvalue weighted by Crippen LogP contribution is 2.26. The largest absolute Gasteiger partial charge is 0.444 e. The first-order valence-corrected chi connectivity index (χ1v) is 12.2. The van der Waals surface area contributed by atoms with E-state index in [-0.39, 0.29) is 18.4 Å². The summed E-state index contributed by atoms with van der Waals surface area (Å²) in [4.78, 5) is 19.2. The molecule has 2 aromatic carbocycles. The van der Waals surface area contributed by atoms with Crippen molar-refractivity contribution in [2.24, 2.45) is 0 Å². The Balaban J connectivity index is 1.68. The third-order valence-electron chi connectivity index (χ3n) is 5.85. The highest BCUT2D eigenvalue weighted by atomic mass is 19.4. The van der Waals surface area contributed by atoms with Crippen molar-refractivity contribution in [2.45, 2.75) is 64.5 Å². The molecule has 0 bridgehead atoms. The second-order valence-corrected chi connectivity index (χ2v) is 10.0. The molecule has 0 radical (unpaired) electrons. The number of imidazole rings is 1. The van der Waals surface area contributed by atoms with E-state index >= 15 is 0 Å². The number of fused-ring (bicyclic) bond motifs is 1. The molecule has 1 amide bonds. The van der Waals surface area contributed by atoms with E-state index in [0.29, 0.717) is 42.7 Å². The Hall–Kier alpha value is -3.51. The third kappa shape index (κ3) is 7.26. The minimum atomic E-state index is -4.44. The first kappa shape index (κ1) is 26.6. The van der Waals surface area contributed by atoms with Gasteiger partial charge in [0.1, 0.15) is 12.1 Å². The summed E-state index contributed by atoms with van der Waals surface area (Å²) < 4.78 is 52.4. The zero-order chi connectivity index (χ0) is 26.6. The van der Waals surface area contributed by atoms with Gasteiger partial charge >= 0.3 is 12.3 Å². The van der Waals surface area contributed by atoms with Crippen molar-refractivity contribution in [3.63, 3.8) is 0 Å². The Morgan fingerprint density at radius 3 is 2.46 bits per heavy atom. The number of hydrogen-bond acceptors (Lipinski definition) is 4. The fourth-order valence-corrected chi connectivity index (χ4v) is 4.21.